The Labute approximate surface area is 229 Å². The van der Waals surface area contributed by atoms with Crippen LogP contribution >= 0.6 is 0 Å². The standard InChI is InChI=1S/C27H33F2N7O4/c1-3-35-20(9-14-31-35)23(37)33-22(17-7-11-27(28,29)12-8-17)19-16-36-21(32-19)6-5-18(34-36)15-26(25(39)40-2)10-4-13-30-24(26)38/h5-6,9,14,16-17,22H,3-4,7-8,10-13,15H2,1-2H3,(H,30,38)(H,33,37)/t22-,26?/m0/s1. The number of imidazole rings is 1. The van der Waals surface area contributed by atoms with E-state index >= 15 is 0 Å². The van der Waals surface area contributed by atoms with Gasteiger partial charge in [0.1, 0.15) is 5.69 Å². The molecule has 2 atom stereocenters. The molecule has 0 aromatic carbocycles. The Bertz CT molecular complexity index is 1400. The summed E-state index contributed by atoms with van der Waals surface area (Å²) in [5.74, 6) is -4.33. The second-order valence-corrected chi connectivity index (χ2v) is 10.6. The van der Waals surface area contributed by atoms with Crippen molar-refractivity contribution in [1.82, 2.24) is 35.0 Å². The van der Waals surface area contributed by atoms with Crippen molar-refractivity contribution in [3.8, 4) is 0 Å². The van der Waals surface area contributed by atoms with E-state index in [2.05, 4.69) is 25.8 Å². The summed E-state index contributed by atoms with van der Waals surface area (Å²) >= 11 is 0. The second-order valence-electron chi connectivity index (χ2n) is 10.6. The molecule has 2 aliphatic rings. The van der Waals surface area contributed by atoms with Crippen molar-refractivity contribution in [2.75, 3.05) is 13.7 Å². The minimum absolute atomic E-state index is 0.0494. The molecular weight excluding hydrogens is 524 g/mol. The van der Waals surface area contributed by atoms with Crippen molar-refractivity contribution in [2.45, 2.75) is 70.4 Å². The van der Waals surface area contributed by atoms with Crippen LogP contribution in [0, 0.1) is 11.3 Å². The molecule has 0 spiro atoms. The summed E-state index contributed by atoms with van der Waals surface area (Å²) < 4.78 is 36.0. The fourth-order valence-electron chi connectivity index (χ4n) is 5.82. The van der Waals surface area contributed by atoms with Crippen LogP contribution in [0.1, 0.15) is 73.4 Å². The van der Waals surface area contributed by atoms with Gasteiger partial charge in [0, 0.05) is 38.5 Å². The number of methoxy groups -OCH3 is 1. The van der Waals surface area contributed by atoms with Crippen molar-refractivity contribution >= 4 is 23.4 Å². The number of fused-ring (bicyclic) bond motifs is 1. The minimum Gasteiger partial charge on any atom is -0.468 e. The van der Waals surface area contributed by atoms with Crippen molar-refractivity contribution in [3.05, 3.63) is 47.7 Å². The van der Waals surface area contributed by atoms with Crippen LogP contribution < -0.4 is 10.6 Å². The van der Waals surface area contributed by atoms with E-state index in [1.807, 2.05) is 6.92 Å². The molecular formula is C27H33F2N7O4. The molecule has 1 aliphatic heterocycles. The highest BCUT2D eigenvalue weighted by Crippen LogP contribution is 2.41. The number of carbonyl (C=O) groups is 3. The van der Waals surface area contributed by atoms with Crippen LogP contribution in [0.2, 0.25) is 0 Å². The number of carbonyl (C=O) groups excluding carboxylic acids is 3. The molecule has 3 aromatic rings. The number of nitrogens with one attached hydrogen (secondary N) is 2. The quantitative estimate of drug-likeness (QED) is 0.322. The van der Waals surface area contributed by atoms with Gasteiger partial charge in [0.15, 0.2) is 11.1 Å². The van der Waals surface area contributed by atoms with Crippen molar-refractivity contribution < 1.29 is 27.9 Å². The number of nitrogens with zero attached hydrogens (tertiary/aromatic N) is 5. The van der Waals surface area contributed by atoms with Gasteiger partial charge >= 0.3 is 5.97 Å². The van der Waals surface area contributed by atoms with Crippen molar-refractivity contribution in [2.24, 2.45) is 11.3 Å². The van der Waals surface area contributed by atoms with Gasteiger partial charge in [0.05, 0.1) is 30.7 Å². The van der Waals surface area contributed by atoms with Crippen LogP contribution in [0.5, 0.6) is 0 Å². The molecule has 214 valence electrons. The molecule has 40 heavy (non-hydrogen) atoms. The second kappa shape index (κ2) is 10.9. The Morgan fingerprint density at radius 2 is 2.00 bits per heavy atom. The summed E-state index contributed by atoms with van der Waals surface area (Å²) in [6, 6.07) is 4.41. The molecule has 2 N–H and O–H groups in total. The molecule has 4 heterocycles. The summed E-state index contributed by atoms with van der Waals surface area (Å²) in [6.07, 6.45) is 4.18. The molecule has 13 heteroatoms. The first-order valence-electron chi connectivity index (χ1n) is 13.6. The van der Waals surface area contributed by atoms with Gasteiger partial charge in [-0.05, 0) is 56.7 Å². The number of halogens is 2. The molecule has 0 radical (unpaired) electrons. The van der Waals surface area contributed by atoms with E-state index in [1.54, 1.807) is 35.3 Å². The number of esters is 1. The highest BCUT2D eigenvalue weighted by Gasteiger charge is 2.49. The van der Waals surface area contributed by atoms with Gasteiger partial charge in [-0.3, -0.25) is 19.1 Å². The topological polar surface area (TPSA) is 133 Å². The normalized spacial score (nSPS) is 22.1. The molecule has 0 bridgehead atoms. The Hall–Kier alpha value is -3.90. The summed E-state index contributed by atoms with van der Waals surface area (Å²) in [4.78, 5) is 43.4. The van der Waals surface area contributed by atoms with Crippen LogP contribution in [0.15, 0.2) is 30.6 Å². The average Bonchev–Trinajstić information content (AvgIpc) is 3.59. The summed E-state index contributed by atoms with van der Waals surface area (Å²) in [5, 5.41) is 14.5. The average molecular weight is 558 g/mol. The number of piperidine rings is 1. The van der Waals surface area contributed by atoms with Crippen molar-refractivity contribution in [3.63, 3.8) is 0 Å². The first-order chi connectivity index (χ1) is 19.2. The predicted molar refractivity (Wildman–Crippen MR) is 138 cm³/mol. The molecule has 1 aliphatic carbocycles. The lowest BCUT2D eigenvalue weighted by molar-refractivity contribution is -0.161. The Morgan fingerprint density at radius 1 is 1.23 bits per heavy atom. The minimum atomic E-state index is -2.72. The van der Waals surface area contributed by atoms with Gasteiger partial charge in [0.2, 0.25) is 11.8 Å². The third kappa shape index (κ3) is 5.28. The number of aryl methyl sites for hydroxylation is 1. The van der Waals surface area contributed by atoms with Crippen LogP contribution in [0.4, 0.5) is 8.78 Å². The number of rotatable bonds is 8. The number of alkyl halides is 2. The lowest BCUT2D eigenvalue weighted by Gasteiger charge is -2.33. The molecule has 2 fully saturated rings. The first kappa shape index (κ1) is 27.7. The van der Waals surface area contributed by atoms with Gasteiger partial charge in [-0.2, -0.15) is 10.2 Å². The van der Waals surface area contributed by atoms with Gasteiger partial charge in [0.25, 0.3) is 5.91 Å². The number of aromatic nitrogens is 5. The van der Waals surface area contributed by atoms with E-state index in [9.17, 15) is 23.2 Å². The molecule has 1 saturated heterocycles. The highest BCUT2D eigenvalue weighted by molar-refractivity contribution is 6.03. The van der Waals surface area contributed by atoms with Gasteiger partial charge in [-0.1, -0.05) is 0 Å². The van der Waals surface area contributed by atoms with Crippen LogP contribution in [-0.4, -0.2) is 61.7 Å². The summed E-state index contributed by atoms with van der Waals surface area (Å²) in [5.41, 5.74) is 0.468. The molecule has 3 aromatic heterocycles. The Kier molecular flexibility index (Phi) is 7.56. The van der Waals surface area contributed by atoms with Gasteiger partial charge in [-0.25, -0.2) is 18.3 Å². The Morgan fingerprint density at radius 3 is 2.70 bits per heavy atom. The number of ether oxygens (including phenoxy) is 1. The van der Waals surface area contributed by atoms with E-state index in [-0.39, 0.29) is 49.8 Å². The first-order valence-corrected chi connectivity index (χ1v) is 13.6. The van der Waals surface area contributed by atoms with Gasteiger partial charge in [-0.15, -0.1) is 0 Å². The maximum absolute atomic E-state index is 14.0. The number of hydrogen-bond donors (Lipinski definition) is 2. The van der Waals surface area contributed by atoms with E-state index in [0.717, 1.165) is 0 Å². The SMILES string of the molecule is CCn1nccc1C(=O)N[C@H](c1cn2nc(CC3(C(=O)OC)CCCNC3=O)ccc2n1)C1CCC(F)(F)CC1. The molecule has 1 saturated carbocycles. The maximum atomic E-state index is 14.0. The smallest absolute Gasteiger partial charge is 0.321 e. The summed E-state index contributed by atoms with van der Waals surface area (Å²) in [7, 11) is 1.26. The predicted octanol–water partition coefficient (Wildman–Crippen LogP) is 2.85. The Balaban J connectivity index is 1.45. The van der Waals surface area contributed by atoms with Crippen LogP contribution in [-0.2, 0) is 27.3 Å². The largest absolute Gasteiger partial charge is 0.468 e. The van der Waals surface area contributed by atoms with E-state index < -0.39 is 23.3 Å². The zero-order chi connectivity index (χ0) is 28.5. The van der Waals surface area contributed by atoms with E-state index in [1.165, 1.54) is 11.6 Å². The molecule has 1 unspecified atom stereocenters. The van der Waals surface area contributed by atoms with Crippen molar-refractivity contribution in [1.29, 1.82) is 0 Å². The fraction of sp³-hybridized carbons (Fsp3) is 0.556. The molecule has 2 amide bonds. The number of amides is 2. The lowest BCUT2D eigenvalue weighted by atomic mass is 9.76. The van der Waals surface area contributed by atoms with Crippen LogP contribution in [0.3, 0.4) is 0 Å². The van der Waals surface area contributed by atoms with Gasteiger partial charge < -0.3 is 15.4 Å². The number of hydrogen-bond acceptors (Lipinski definition) is 7. The van der Waals surface area contributed by atoms with E-state index in [0.29, 0.717) is 48.7 Å². The maximum Gasteiger partial charge on any atom is 0.321 e. The third-order valence-corrected chi connectivity index (χ3v) is 8.04. The molecule has 11 nitrogen and oxygen atoms in total. The highest BCUT2D eigenvalue weighted by atomic mass is 19.3. The fourth-order valence-corrected chi connectivity index (χ4v) is 5.82. The van der Waals surface area contributed by atoms with Crippen LogP contribution in [0.25, 0.3) is 5.65 Å². The molecule has 5 rings (SSSR count). The lowest BCUT2D eigenvalue weighted by Crippen LogP contribution is -2.52. The third-order valence-electron chi connectivity index (χ3n) is 8.04. The monoisotopic (exact) mass is 557 g/mol. The summed E-state index contributed by atoms with van der Waals surface area (Å²) in [6.45, 7) is 2.87. The van der Waals surface area contributed by atoms with E-state index in [4.69, 9.17) is 4.74 Å². The zero-order valence-corrected chi connectivity index (χ0v) is 22.5. The zero-order valence-electron chi connectivity index (χ0n) is 22.5.